The van der Waals surface area contributed by atoms with E-state index in [0.717, 1.165) is 46.7 Å². The Bertz CT molecular complexity index is 1770. The number of ether oxygens (including phenoxy) is 3. The second kappa shape index (κ2) is 13.9. The highest BCUT2D eigenvalue weighted by Gasteiger charge is 2.27. The summed E-state index contributed by atoms with van der Waals surface area (Å²) in [4.78, 5) is 13.1. The van der Waals surface area contributed by atoms with Gasteiger partial charge < -0.3 is 20.1 Å². The number of fused-ring (bicyclic) bond motifs is 2. The van der Waals surface area contributed by atoms with Crippen molar-refractivity contribution < 1.29 is 27.4 Å². The van der Waals surface area contributed by atoms with E-state index in [1.165, 1.54) is 0 Å². The molecule has 0 saturated carbocycles. The summed E-state index contributed by atoms with van der Waals surface area (Å²) in [6.07, 6.45) is 3.28. The molecular weight excluding hydrogens is 578 g/mol. The van der Waals surface area contributed by atoms with Crippen LogP contribution in [0.3, 0.4) is 0 Å². The number of carbonyl (C=O) groups excluding carboxylic acids is 1. The fourth-order valence-corrected chi connectivity index (χ4v) is 6.81. The number of hydrazone groups is 1. The molecule has 10 heteroatoms. The van der Waals surface area contributed by atoms with Crippen molar-refractivity contribution in [3.05, 3.63) is 107 Å². The van der Waals surface area contributed by atoms with Crippen molar-refractivity contribution in [3.63, 3.8) is 0 Å². The first kappa shape index (κ1) is 31.0. The first-order valence-corrected chi connectivity index (χ1v) is 16.3. The molecule has 0 fully saturated rings. The minimum Gasteiger partial charge on any atom is -0.497 e. The number of aryl methyl sites for hydroxylation is 1. The first-order chi connectivity index (χ1) is 21.3. The minimum absolute atomic E-state index is 0.0321. The quantitative estimate of drug-likeness (QED) is 0.0950. The molecular formula is C34H37N3O6S. The van der Waals surface area contributed by atoms with Gasteiger partial charge in [0, 0.05) is 12.1 Å². The predicted octanol–water partition coefficient (Wildman–Crippen LogP) is 5.36. The highest BCUT2D eigenvalue weighted by atomic mass is 32.2. The highest BCUT2D eigenvalue weighted by Crippen LogP contribution is 2.36. The van der Waals surface area contributed by atoms with Crippen LogP contribution in [0.15, 0.2) is 84.0 Å². The molecule has 2 unspecified atom stereocenters. The summed E-state index contributed by atoms with van der Waals surface area (Å²) in [5.74, 6) is 5.77. The lowest BCUT2D eigenvalue weighted by atomic mass is 9.83. The van der Waals surface area contributed by atoms with Gasteiger partial charge in [-0.3, -0.25) is 0 Å². The molecule has 3 N–H and O–H groups in total. The minimum atomic E-state index is -3.58. The van der Waals surface area contributed by atoms with Gasteiger partial charge in [-0.05, 0) is 102 Å². The van der Waals surface area contributed by atoms with Crippen LogP contribution >= 0.6 is 0 Å². The molecule has 9 nitrogen and oxygen atoms in total. The van der Waals surface area contributed by atoms with E-state index in [0.29, 0.717) is 22.6 Å². The van der Waals surface area contributed by atoms with Gasteiger partial charge in [-0.25, -0.2) is 17.9 Å². The zero-order valence-corrected chi connectivity index (χ0v) is 25.7. The van der Waals surface area contributed by atoms with Crippen molar-refractivity contribution >= 4 is 33.0 Å². The van der Waals surface area contributed by atoms with E-state index in [1.54, 1.807) is 44.5 Å². The molecule has 1 aliphatic rings. The number of rotatable bonds is 12. The van der Waals surface area contributed by atoms with Crippen LogP contribution in [0.4, 0.5) is 0 Å². The van der Waals surface area contributed by atoms with E-state index in [2.05, 4.69) is 9.82 Å². The molecule has 1 aliphatic carbocycles. The summed E-state index contributed by atoms with van der Waals surface area (Å²) in [6.45, 7) is 2.25. The number of carbonyl (C=O) groups is 1. The number of methoxy groups -OCH3 is 1. The Kier molecular flexibility index (Phi) is 9.82. The Labute approximate surface area is 258 Å². The third-order valence-corrected chi connectivity index (χ3v) is 9.09. The van der Waals surface area contributed by atoms with Crippen molar-refractivity contribution in [2.45, 2.75) is 44.0 Å². The first-order valence-electron chi connectivity index (χ1n) is 14.6. The van der Waals surface area contributed by atoms with Crippen LogP contribution in [0, 0.1) is 0 Å². The number of hydrogen-bond donors (Lipinski definition) is 2. The summed E-state index contributed by atoms with van der Waals surface area (Å²) < 4.78 is 45.7. The van der Waals surface area contributed by atoms with Gasteiger partial charge >= 0.3 is 5.97 Å². The van der Waals surface area contributed by atoms with Crippen LogP contribution in [0.25, 0.3) is 10.8 Å². The third kappa shape index (κ3) is 7.56. The Balaban J connectivity index is 1.35. The van der Waals surface area contributed by atoms with Crippen molar-refractivity contribution in [1.29, 1.82) is 0 Å². The van der Waals surface area contributed by atoms with Crippen molar-refractivity contribution in [3.8, 4) is 11.5 Å². The molecule has 230 valence electrons. The molecule has 0 radical (unpaired) electrons. The average molecular weight is 616 g/mol. The molecule has 0 aliphatic heterocycles. The van der Waals surface area contributed by atoms with Gasteiger partial charge in [0.05, 0.1) is 25.7 Å². The van der Waals surface area contributed by atoms with Gasteiger partial charge in [0.15, 0.2) is 0 Å². The van der Waals surface area contributed by atoms with Crippen molar-refractivity contribution in [1.82, 2.24) is 4.72 Å². The number of hydrogen-bond acceptors (Lipinski definition) is 8. The van der Waals surface area contributed by atoms with Crippen LogP contribution < -0.4 is 20.0 Å². The summed E-state index contributed by atoms with van der Waals surface area (Å²) in [7, 11) is -2.03. The van der Waals surface area contributed by atoms with Crippen LogP contribution in [0.2, 0.25) is 0 Å². The van der Waals surface area contributed by atoms with Gasteiger partial charge in [0.2, 0.25) is 16.1 Å². The van der Waals surface area contributed by atoms with Crippen LogP contribution in [-0.2, 0) is 31.7 Å². The summed E-state index contributed by atoms with van der Waals surface area (Å²) in [5, 5.41) is 5.49. The molecule has 4 aromatic carbocycles. The summed E-state index contributed by atoms with van der Waals surface area (Å²) in [6, 6.07) is 24.3. The monoisotopic (exact) mass is 615 g/mol. The lowest BCUT2D eigenvalue weighted by molar-refractivity contribution is -0.151. The van der Waals surface area contributed by atoms with E-state index in [-0.39, 0.29) is 24.8 Å². The number of nitrogens with two attached hydrogens (primary N) is 1. The van der Waals surface area contributed by atoms with E-state index in [4.69, 9.17) is 20.1 Å². The number of nitrogens with zero attached hydrogens (tertiary/aromatic N) is 1. The molecule has 0 aromatic heterocycles. The van der Waals surface area contributed by atoms with Gasteiger partial charge in [-0.15, -0.1) is 0 Å². The number of benzene rings is 4. The molecule has 0 bridgehead atoms. The topological polar surface area (TPSA) is 129 Å². The Morgan fingerprint density at radius 1 is 1.05 bits per heavy atom. The number of nitrogens with one attached hydrogen (secondary N) is 1. The fraction of sp³-hybridized carbons (Fsp3) is 0.294. The molecule has 0 heterocycles. The number of sulfonamides is 1. The van der Waals surface area contributed by atoms with Gasteiger partial charge in [0.25, 0.3) is 0 Å². The van der Waals surface area contributed by atoms with Crippen LogP contribution in [0.5, 0.6) is 11.5 Å². The largest absolute Gasteiger partial charge is 0.497 e. The highest BCUT2D eigenvalue weighted by molar-refractivity contribution is 7.88. The maximum atomic E-state index is 13.1. The normalized spacial score (nSPS) is 15.5. The second-order valence-electron chi connectivity index (χ2n) is 10.8. The van der Waals surface area contributed by atoms with Crippen molar-refractivity contribution in [2.75, 3.05) is 20.3 Å². The van der Waals surface area contributed by atoms with Crippen LogP contribution in [0.1, 0.15) is 59.6 Å². The molecule has 0 spiro atoms. The lowest BCUT2D eigenvalue weighted by Gasteiger charge is -2.27. The van der Waals surface area contributed by atoms with E-state index in [1.807, 2.05) is 54.6 Å². The smallest absolute Gasteiger partial charge is 0.352 e. The van der Waals surface area contributed by atoms with Gasteiger partial charge in [-0.1, -0.05) is 42.5 Å². The summed E-state index contributed by atoms with van der Waals surface area (Å²) >= 11 is 0. The van der Waals surface area contributed by atoms with Gasteiger partial charge in [-0.2, -0.15) is 5.10 Å². The summed E-state index contributed by atoms with van der Waals surface area (Å²) in [5.41, 5.74) is 4.36. The lowest BCUT2D eigenvalue weighted by Crippen LogP contribution is -2.31. The van der Waals surface area contributed by atoms with E-state index < -0.39 is 22.1 Å². The molecule has 0 saturated heterocycles. The second-order valence-corrected chi connectivity index (χ2v) is 12.6. The standard InChI is InChI=1S/C34H37N3O6S/c1-3-42-34(38)33(28-13-12-26-16-23(20-36-35)10-11-27(26)18-28)43-31-15-14-25-7-5-8-29(32(25)19-31)21-37-44(39,40)22-24-6-4-9-30(17-24)41-2/h4,6,9-20,29,33,37H,3,5,7-8,21-22,35H2,1-2H3. The van der Waals surface area contributed by atoms with Crippen LogP contribution in [-0.4, -0.2) is 40.9 Å². The zero-order chi connectivity index (χ0) is 31.1. The third-order valence-electron chi connectivity index (χ3n) is 7.77. The Morgan fingerprint density at radius 3 is 2.66 bits per heavy atom. The maximum Gasteiger partial charge on any atom is 0.352 e. The molecule has 0 amide bonds. The average Bonchev–Trinajstić information content (AvgIpc) is 3.02. The molecule has 2 atom stereocenters. The van der Waals surface area contributed by atoms with Gasteiger partial charge in [0.1, 0.15) is 11.5 Å². The molecule has 5 rings (SSSR count). The zero-order valence-electron chi connectivity index (χ0n) is 24.9. The molecule has 44 heavy (non-hydrogen) atoms. The Morgan fingerprint density at radius 2 is 1.86 bits per heavy atom. The fourth-order valence-electron chi connectivity index (χ4n) is 5.64. The maximum absolute atomic E-state index is 13.1. The molecule has 4 aromatic rings. The van der Waals surface area contributed by atoms with E-state index >= 15 is 0 Å². The number of esters is 1. The van der Waals surface area contributed by atoms with E-state index in [9.17, 15) is 13.2 Å². The predicted molar refractivity (Wildman–Crippen MR) is 171 cm³/mol. The van der Waals surface area contributed by atoms with Crippen molar-refractivity contribution in [2.24, 2.45) is 10.9 Å². The SMILES string of the molecule is CCOC(=O)C(Oc1ccc2c(c1)C(CNS(=O)(=O)Cc1cccc(OC)c1)CCC2)c1ccc2cc(C=NN)ccc2c1. The Hall–Kier alpha value is -4.41.